The third-order valence-corrected chi connectivity index (χ3v) is 4.54. The fourth-order valence-corrected chi connectivity index (χ4v) is 3.11. The van der Waals surface area contributed by atoms with E-state index >= 15 is 0 Å². The summed E-state index contributed by atoms with van der Waals surface area (Å²) in [6.45, 7) is 4.26. The number of nitriles is 1. The number of amides is 1. The molecule has 28 heavy (non-hydrogen) atoms. The minimum Gasteiger partial charge on any atom is -0.508 e. The molecule has 5 heteroatoms. The van der Waals surface area contributed by atoms with Crippen molar-refractivity contribution in [2.75, 3.05) is 0 Å². The Bertz CT molecular complexity index is 1060. The van der Waals surface area contributed by atoms with E-state index in [2.05, 4.69) is 5.32 Å². The number of carbonyl (C=O) groups is 1. The molecule has 0 aliphatic carbocycles. The van der Waals surface area contributed by atoms with E-state index in [-0.39, 0.29) is 11.3 Å². The molecule has 0 aliphatic rings. The van der Waals surface area contributed by atoms with Crippen LogP contribution in [-0.2, 0) is 11.3 Å². The van der Waals surface area contributed by atoms with Crippen LogP contribution < -0.4 is 5.32 Å². The number of carbonyl (C=O) groups excluding carboxylic acids is 1. The van der Waals surface area contributed by atoms with Crippen LogP contribution in [-0.4, -0.2) is 15.6 Å². The van der Waals surface area contributed by atoms with Gasteiger partial charge in [0, 0.05) is 23.6 Å². The molecule has 0 aliphatic heterocycles. The smallest absolute Gasteiger partial charge is 0.262 e. The molecule has 0 fully saturated rings. The molecule has 0 radical (unpaired) electrons. The van der Waals surface area contributed by atoms with Crippen molar-refractivity contribution in [1.82, 2.24) is 9.88 Å². The molecule has 0 spiro atoms. The Morgan fingerprint density at radius 2 is 1.82 bits per heavy atom. The number of nitrogens with one attached hydrogen (secondary N) is 1. The predicted molar refractivity (Wildman–Crippen MR) is 109 cm³/mol. The number of phenolic OH excluding ortho intramolecular Hbond substituents is 1. The quantitative estimate of drug-likeness (QED) is 0.525. The summed E-state index contributed by atoms with van der Waals surface area (Å²) in [5.41, 5.74) is 4.61. The lowest BCUT2D eigenvalue weighted by Crippen LogP contribution is -2.23. The second-order valence-electron chi connectivity index (χ2n) is 6.52. The van der Waals surface area contributed by atoms with Crippen molar-refractivity contribution in [2.24, 2.45) is 0 Å². The Morgan fingerprint density at radius 3 is 2.46 bits per heavy atom. The molecule has 3 aromatic rings. The summed E-state index contributed by atoms with van der Waals surface area (Å²) in [5, 5.41) is 21.7. The second-order valence-corrected chi connectivity index (χ2v) is 6.52. The van der Waals surface area contributed by atoms with Crippen molar-refractivity contribution in [3.05, 3.63) is 88.8 Å². The van der Waals surface area contributed by atoms with Gasteiger partial charge in [-0.3, -0.25) is 4.79 Å². The van der Waals surface area contributed by atoms with E-state index in [0.717, 1.165) is 28.2 Å². The maximum Gasteiger partial charge on any atom is 0.262 e. The molecule has 140 valence electrons. The summed E-state index contributed by atoms with van der Waals surface area (Å²) in [6.07, 6.45) is 1.61. The molecule has 2 aromatic carbocycles. The summed E-state index contributed by atoms with van der Waals surface area (Å²) >= 11 is 0. The lowest BCUT2D eigenvalue weighted by Gasteiger charge is -2.09. The highest BCUT2D eigenvalue weighted by molar-refractivity contribution is 6.01. The molecule has 1 amide bonds. The lowest BCUT2D eigenvalue weighted by molar-refractivity contribution is -0.117. The summed E-state index contributed by atoms with van der Waals surface area (Å²) in [5.74, 6) is -0.200. The van der Waals surface area contributed by atoms with Crippen molar-refractivity contribution in [1.29, 1.82) is 5.26 Å². The van der Waals surface area contributed by atoms with E-state index in [1.165, 1.54) is 0 Å². The van der Waals surface area contributed by atoms with Gasteiger partial charge in [0.05, 0.1) is 0 Å². The number of nitrogens with zero attached hydrogens (tertiary/aromatic N) is 2. The monoisotopic (exact) mass is 371 g/mol. The Labute approximate surface area is 164 Å². The van der Waals surface area contributed by atoms with Crippen LogP contribution in [0, 0.1) is 25.2 Å². The van der Waals surface area contributed by atoms with Crippen LogP contribution in [0.1, 0.15) is 22.5 Å². The standard InChI is InChI=1S/C23H21N3O2/c1-16-12-19(17(2)26(16)21-8-10-22(27)11-9-21)13-20(14-24)23(28)25-15-18-6-4-3-5-7-18/h3-13,27H,15H2,1-2H3,(H,25,28)/b20-13-. The largest absolute Gasteiger partial charge is 0.508 e. The maximum atomic E-state index is 12.4. The van der Waals surface area contributed by atoms with Gasteiger partial charge < -0.3 is 15.0 Å². The number of benzene rings is 2. The van der Waals surface area contributed by atoms with E-state index in [4.69, 9.17) is 0 Å². The van der Waals surface area contributed by atoms with Crippen LogP contribution in [0.4, 0.5) is 0 Å². The van der Waals surface area contributed by atoms with Gasteiger partial charge in [-0.1, -0.05) is 30.3 Å². The van der Waals surface area contributed by atoms with E-state index in [1.54, 1.807) is 18.2 Å². The van der Waals surface area contributed by atoms with E-state index in [0.29, 0.717) is 6.54 Å². The first kappa shape index (κ1) is 19.0. The van der Waals surface area contributed by atoms with Crippen LogP contribution in [0.15, 0.2) is 66.2 Å². The zero-order valence-electron chi connectivity index (χ0n) is 15.8. The average Bonchev–Trinajstić information content (AvgIpc) is 2.99. The van der Waals surface area contributed by atoms with Crippen molar-refractivity contribution >= 4 is 12.0 Å². The highest BCUT2D eigenvalue weighted by atomic mass is 16.3. The third kappa shape index (κ3) is 4.13. The Morgan fingerprint density at radius 1 is 1.14 bits per heavy atom. The number of rotatable bonds is 5. The molecule has 3 rings (SSSR count). The molecule has 1 aromatic heterocycles. The fraction of sp³-hybridized carbons (Fsp3) is 0.130. The van der Waals surface area contributed by atoms with Crippen molar-refractivity contribution in [2.45, 2.75) is 20.4 Å². The first-order chi connectivity index (χ1) is 13.5. The number of aromatic hydroxyl groups is 1. The number of phenols is 1. The van der Waals surface area contributed by atoms with Crippen LogP contribution in [0.2, 0.25) is 0 Å². The van der Waals surface area contributed by atoms with Crippen LogP contribution in [0.5, 0.6) is 5.75 Å². The zero-order valence-corrected chi connectivity index (χ0v) is 15.8. The first-order valence-electron chi connectivity index (χ1n) is 8.92. The Kier molecular flexibility index (Phi) is 5.61. The fourth-order valence-electron chi connectivity index (χ4n) is 3.11. The number of aromatic nitrogens is 1. The third-order valence-electron chi connectivity index (χ3n) is 4.54. The van der Waals surface area contributed by atoms with Crippen LogP contribution in [0.25, 0.3) is 11.8 Å². The van der Waals surface area contributed by atoms with E-state index in [1.807, 2.05) is 73.0 Å². The minimum atomic E-state index is -0.402. The van der Waals surface area contributed by atoms with Gasteiger partial charge in [-0.15, -0.1) is 0 Å². The molecule has 0 saturated carbocycles. The molecule has 0 bridgehead atoms. The van der Waals surface area contributed by atoms with Crippen molar-refractivity contribution in [3.8, 4) is 17.5 Å². The summed E-state index contributed by atoms with van der Waals surface area (Å²) < 4.78 is 2.02. The molecule has 0 saturated heterocycles. The SMILES string of the molecule is Cc1cc(/C=C(/C#N)C(=O)NCc2ccccc2)c(C)n1-c1ccc(O)cc1. The molecule has 2 N–H and O–H groups in total. The summed E-state index contributed by atoms with van der Waals surface area (Å²) in [7, 11) is 0. The Hall–Kier alpha value is -3.78. The maximum absolute atomic E-state index is 12.4. The topological polar surface area (TPSA) is 78.0 Å². The van der Waals surface area contributed by atoms with E-state index in [9.17, 15) is 15.2 Å². The van der Waals surface area contributed by atoms with Gasteiger partial charge in [-0.2, -0.15) is 5.26 Å². The number of hydrogen-bond acceptors (Lipinski definition) is 3. The molecular formula is C23H21N3O2. The van der Waals surface area contributed by atoms with Gasteiger partial charge in [-0.05, 0) is 61.4 Å². The summed E-state index contributed by atoms with van der Waals surface area (Å²) in [4.78, 5) is 12.4. The molecular weight excluding hydrogens is 350 g/mol. The predicted octanol–water partition coefficient (Wildman–Crippen LogP) is 4.02. The highest BCUT2D eigenvalue weighted by Crippen LogP contribution is 2.24. The van der Waals surface area contributed by atoms with Gasteiger partial charge in [-0.25, -0.2) is 0 Å². The summed E-state index contributed by atoms with van der Waals surface area (Å²) in [6, 6.07) is 20.4. The molecule has 0 unspecified atom stereocenters. The second kappa shape index (κ2) is 8.28. The molecule has 1 heterocycles. The van der Waals surface area contributed by atoms with Crippen molar-refractivity contribution in [3.63, 3.8) is 0 Å². The first-order valence-corrected chi connectivity index (χ1v) is 8.92. The van der Waals surface area contributed by atoms with Gasteiger partial charge in [0.1, 0.15) is 17.4 Å². The van der Waals surface area contributed by atoms with Crippen LogP contribution in [0.3, 0.4) is 0 Å². The Balaban J connectivity index is 1.84. The zero-order chi connectivity index (χ0) is 20.1. The molecule has 0 atom stereocenters. The normalized spacial score (nSPS) is 11.1. The van der Waals surface area contributed by atoms with Crippen LogP contribution >= 0.6 is 0 Å². The lowest BCUT2D eigenvalue weighted by atomic mass is 10.1. The minimum absolute atomic E-state index is 0.0573. The van der Waals surface area contributed by atoms with Gasteiger partial charge in [0.15, 0.2) is 0 Å². The highest BCUT2D eigenvalue weighted by Gasteiger charge is 2.13. The molecule has 5 nitrogen and oxygen atoms in total. The van der Waals surface area contributed by atoms with Gasteiger partial charge in [0.2, 0.25) is 0 Å². The van der Waals surface area contributed by atoms with Gasteiger partial charge >= 0.3 is 0 Å². The average molecular weight is 371 g/mol. The van der Waals surface area contributed by atoms with E-state index < -0.39 is 5.91 Å². The number of aryl methyl sites for hydroxylation is 1. The van der Waals surface area contributed by atoms with Gasteiger partial charge in [0.25, 0.3) is 5.91 Å². The number of hydrogen-bond donors (Lipinski definition) is 2. The van der Waals surface area contributed by atoms with Crippen molar-refractivity contribution < 1.29 is 9.90 Å².